The van der Waals surface area contributed by atoms with Crippen molar-refractivity contribution < 1.29 is 4.79 Å². The van der Waals surface area contributed by atoms with Gasteiger partial charge in [0, 0.05) is 12.1 Å². The Balaban J connectivity index is 3.66. The topological polar surface area (TPSA) is 41.1 Å². The van der Waals surface area contributed by atoms with Gasteiger partial charge >= 0.3 is 0 Å². The molecule has 14 heavy (non-hydrogen) atoms. The van der Waals surface area contributed by atoms with Crippen LogP contribution < -0.4 is 10.6 Å². The Morgan fingerprint density at radius 1 is 1.07 bits per heavy atom. The largest absolute Gasteiger partial charge is 0.350 e. The summed E-state index contributed by atoms with van der Waals surface area (Å²) < 4.78 is 0. The molecule has 1 amide bonds. The molecular formula is C11H24N2O. The Bertz CT molecular complexity index is 186. The second kappa shape index (κ2) is 4.78. The van der Waals surface area contributed by atoms with Crippen LogP contribution >= 0.6 is 0 Å². The molecule has 84 valence electrons. The average Bonchev–Trinajstić information content (AvgIpc) is 1.78. The Morgan fingerprint density at radius 2 is 1.57 bits per heavy atom. The summed E-state index contributed by atoms with van der Waals surface area (Å²) in [7, 11) is 0. The lowest BCUT2D eigenvalue weighted by Crippen LogP contribution is -2.45. The van der Waals surface area contributed by atoms with Crippen LogP contribution in [-0.2, 0) is 4.79 Å². The highest BCUT2D eigenvalue weighted by Crippen LogP contribution is 2.09. The first-order valence-corrected chi connectivity index (χ1v) is 5.12. The van der Waals surface area contributed by atoms with Gasteiger partial charge in [-0.3, -0.25) is 4.79 Å². The summed E-state index contributed by atoms with van der Waals surface area (Å²) in [6.07, 6.45) is 0. The zero-order valence-electron chi connectivity index (χ0n) is 10.3. The van der Waals surface area contributed by atoms with Crippen molar-refractivity contribution in [3.63, 3.8) is 0 Å². The number of nitrogens with one attached hydrogen (secondary N) is 2. The lowest BCUT2D eigenvalue weighted by atomic mass is 9.97. The third-order valence-corrected chi connectivity index (χ3v) is 1.46. The third kappa shape index (κ3) is 9.52. The van der Waals surface area contributed by atoms with Crippen LogP contribution in [0, 0.1) is 5.41 Å². The maximum Gasteiger partial charge on any atom is 0.234 e. The van der Waals surface area contributed by atoms with Gasteiger partial charge in [-0.05, 0) is 26.2 Å². The van der Waals surface area contributed by atoms with Gasteiger partial charge in [-0.25, -0.2) is 0 Å². The number of carbonyl (C=O) groups excluding carboxylic acids is 1. The van der Waals surface area contributed by atoms with Crippen molar-refractivity contribution in [1.82, 2.24) is 10.6 Å². The zero-order chi connectivity index (χ0) is 11.4. The molecule has 0 fully saturated rings. The van der Waals surface area contributed by atoms with Gasteiger partial charge in [-0.15, -0.1) is 0 Å². The van der Waals surface area contributed by atoms with E-state index in [1.807, 2.05) is 20.8 Å². The monoisotopic (exact) mass is 200 g/mol. The predicted molar refractivity (Wildman–Crippen MR) is 60.2 cm³/mol. The Labute approximate surface area is 87.6 Å². The van der Waals surface area contributed by atoms with E-state index in [4.69, 9.17) is 0 Å². The van der Waals surface area contributed by atoms with Gasteiger partial charge in [-0.1, -0.05) is 20.8 Å². The van der Waals surface area contributed by atoms with Gasteiger partial charge in [0.2, 0.25) is 5.91 Å². The van der Waals surface area contributed by atoms with E-state index in [1.54, 1.807) is 0 Å². The van der Waals surface area contributed by atoms with Gasteiger partial charge in [0.15, 0.2) is 0 Å². The van der Waals surface area contributed by atoms with E-state index in [1.165, 1.54) is 0 Å². The highest BCUT2D eigenvalue weighted by Gasteiger charge is 2.14. The fraction of sp³-hybridized carbons (Fsp3) is 0.909. The van der Waals surface area contributed by atoms with Crippen LogP contribution in [-0.4, -0.2) is 24.5 Å². The summed E-state index contributed by atoms with van der Waals surface area (Å²) in [5.74, 6) is 0.0572. The Hall–Kier alpha value is -0.570. The molecule has 0 aliphatic heterocycles. The number of carbonyl (C=O) groups is 1. The summed E-state index contributed by atoms with van der Waals surface area (Å²) >= 11 is 0. The van der Waals surface area contributed by atoms with Crippen LogP contribution in [0.5, 0.6) is 0 Å². The molecule has 0 spiro atoms. The summed E-state index contributed by atoms with van der Waals surface area (Å²) in [6, 6.07) is 0. The lowest BCUT2D eigenvalue weighted by Gasteiger charge is -2.22. The third-order valence-electron chi connectivity index (χ3n) is 1.46. The van der Waals surface area contributed by atoms with Gasteiger partial charge in [0.05, 0.1) is 6.54 Å². The molecular weight excluding hydrogens is 176 g/mol. The van der Waals surface area contributed by atoms with Gasteiger partial charge in [0.25, 0.3) is 0 Å². The first-order valence-electron chi connectivity index (χ1n) is 5.12. The Kier molecular flexibility index (Phi) is 4.59. The molecule has 0 aromatic rings. The second-order valence-electron chi connectivity index (χ2n) is 5.96. The molecule has 3 nitrogen and oxygen atoms in total. The first-order chi connectivity index (χ1) is 6.10. The minimum absolute atomic E-state index is 0.0572. The van der Waals surface area contributed by atoms with E-state index in [0.717, 1.165) is 6.54 Å². The standard InChI is InChI=1S/C11H24N2O/c1-10(2,3)8-12-7-9(14)13-11(4,5)6/h12H,7-8H2,1-6H3,(H,13,14). The molecule has 0 saturated heterocycles. The molecule has 2 N–H and O–H groups in total. The van der Waals surface area contributed by atoms with Crippen molar-refractivity contribution >= 4 is 5.91 Å². The first kappa shape index (κ1) is 13.4. The quantitative estimate of drug-likeness (QED) is 0.725. The fourth-order valence-corrected chi connectivity index (χ4v) is 1.01. The molecule has 0 radical (unpaired) electrons. The van der Waals surface area contributed by atoms with E-state index in [-0.39, 0.29) is 16.9 Å². The summed E-state index contributed by atoms with van der Waals surface area (Å²) in [6.45, 7) is 13.6. The molecule has 0 bridgehead atoms. The smallest absolute Gasteiger partial charge is 0.234 e. The van der Waals surface area contributed by atoms with Crippen LogP contribution in [0.3, 0.4) is 0 Å². The molecule has 0 heterocycles. The van der Waals surface area contributed by atoms with Gasteiger partial charge in [-0.2, -0.15) is 0 Å². The van der Waals surface area contributed by atoms with Crippen molar-refractivity contribution in [2.24, 2.45) is 5.41 Å². The minimum atomic E-state index is -0.138. The van der Waals surface area contributed by atoms with E-state index >= 15 is 0 Å². The van der Waals surface area contributed by atoms with Crippen molar-refractivity contribution in [1.29, 1.82) is 0 Å². The van der Waals surface area contributed by atoms with E-state index < -0.39 is 0 Å². The molecule has 0 rings (SSSR count). The van der Waals surface area contributed by atoms with Crippen molar-refractivity contribution in [3.8, 4) is 0 Å². The highest BCUT2D eigenvalue weighted by atomic mass is 16.2. The van der Waals surface area contributed by atoms with E-state index in [9.17, 15) is 4.79 Å². The molecule has 0 saturated carbocycles. The molecule has 0 aromatic carbocycles. The fourth-order valence-electron chi connectivity index (χ4n) is 1.01. The molecule has 0 aromatic heterocycles. The van der Waals surface area contributed by atoms with Crippen LogP contribution in [0.2, 0.25) is 0 Å². The predicted octanol–water partition coefficient (Wildman–Crippen LogP) is 1.54. The van der Waals surface area contributed by atoms with Crippen LogP contribution in [0.1, 0.15) is 41.5 Å². The lowest BCUT2D eigenvalue weighted by molar-refractivity contribution is -0.121. The summed E-state index contributed by atoms with van der Waals surface area (Å²) in [5.41, 5.74) is 0.0858. The number of amides is 1. The van der Waals surface area contributed by atoms with E-state index in [2.05, 4.69) is 31.4 Å². The molecule has 0 atom stereocenters. The second-order valence-corrected chi connectivity index (χ2v) is 5.96. The number of rotatable bonds is 3. The SMILES string of the molecule is CC(C)(C)CNCC(=O)NC(C)(C)C. The summed E-state index contributed by atoms with van der Waals surface area (Å²) in [4.78, 5) is 11.4. The minimum Gasteiger partial charge on any atom is -0.350 e. The van der Waals surface area contributed by atoms with Gasteiger partial charge in [0.1, 0.15) is 0 Å². The normalized spacial score (nSPS) is 12.7. The average molecular weight is 200 g/mol. The van der Waals surface area contributed by atoms with Crippen molar-refractivity contribution in [2.45, 2.75) is 47.1 Å². The molecule has 0 aliphatic rings. The van der Waals surface area contributed by atoms with Crippen LogP contribution in [0.25, 0.3) is 0 Å². The molecule has 3 heteroatoms. The van der Waals surface area contributed by atoms with Gasteiger partial charge < -0.3 is 10.6 Å². The molecule has 0 aliphatic carbocycles. The van der Waals surface area contributed by atoms with Crippen molar-refractivity contribution in [3.05, 3.63) is 0 Å². The Morgan fingerprint density at radius 3 is 1.93 bits per heavy atom. The highest BCUT2D eigenvalue weighted by molar-refractivity contribution is 5.78. The molecule has 0 unspecified atom stereocenters. The summed E-state index contributed by atoms with van der Waals surface area (Å²) in [5, 5.41) is 6.04. The maximum absolute atomic E-state index is 11.4. The number of hydrogen-bond donors (Lipinski definition) is 2. The van der Waals surface area contributed by atoms with Crippen molar-refractivity contribution in [2.75, 3.05) is 13.1 Å². The zero-order valence-corrected chi connectivity index (χ0v) is 10.3. The number of hydrogen-bond acceptors (Lipinski definition) is 2. The van der Waals surface area contributed by atoms with E-state index in [0.29, 0.717) is 6.54 Å². The van der Waals surface area contributed by atoms with Crippen LogP contribution in [0.15, 0.2) is 0 Å². The van der Waals surface area contributed by atoms with Crippen LogP contribution in [0.4, 0.5) is 0 Å². The maximum atomic E-state index is 11.4.